The van der Waals surface area contributed by atoms with Crippen LogP contribution >= 0.6 is 0 Å². The Hall–Kier alpha value is -3.75. The number of nitrogens with zero attached hydrogens (tertiary/aromatic N) is 4. The highest BCUT2D eigenvalue weighted by Crippen LogP contribution is 2.31. The number of fused-ring (bicyclic) bond motifs is 1. The van der Waals surface area contributed by atoms with Crippen LogP contribution in [0, 0.1) is 0 Å². The van der Waals surface area contributed by atoms with Crippen molar-refractivity contribution in [2.45, 2.75) is 25.4 Å². The largest absolute Gasteiger partial charge is 0.333 e. The summed E-state index contributed by atoms with van der Waals surface area (Å²) in [5.41, 5.74) is 4.02. The molecule has 1 unspecified atom stereocenters. The van der Waals surface area contributed by atoms with Crippen molar-refractivity contribution in [3.63, 3.8) is 0 Å². The van der Waals surface area contributed by atoms with E-state index in [0.717, 1.165) is 28.2 Å². The maximum atomic E-state index is 12.8. The number of aromatic nitrogens is 4. The number of piperidine rings is 1. The van der Waals surface area contributed by atoms with Gasteiger partial charge in [-0.15, -0.1) is 0 Å². The first-order valence-corrected chi connectivity index (χ1v) is 9.32. The second kappa shape index (κ2) is 6.40. The van der Waals surface area contributed by atoms with Crippen LogP contribution in [0.4, 0.5) is 0 Å². The van der Waals surface area contributed by atoms with Crippen LogP contribution in [0.5, 0.6) is 0 Å². The number of hydrogen-bond donors (Lipinski definition) is 2. The van der Waals surface area contributed by atoms with Crippen molar-refractivity contribution in [2.75, 3.05) is 0 Å². The molecule has 0 saturated carbocycles. The topological polar surface area (TPSA) is 113 Å². The highest BCUT2D eigenvalue weighted by molar-refractivity contribution is 6.05. The third-order valence-electron chi connectivity index (χ3n) is 5.45. The van der Waals surface area contributed by atoms with Crippen LogP contribution in [-0.4, -0.2) is 48.4 Å². The zero-order valence-corrected chi connectivity index (χ0v) is 15.7. The molecular formula is C20H18N6O3. The molecule has 2 aliphatic heterocycles. The second-order valence-electron chi connectivity index (χ2n) is 7.32. The summed E-state index contributed by atoms with van der Waals surface area (Å²) < 4.78 is 1.92. The molecular weight excluding hydrogens is 372 g/mol. The quantitative estimate of drug-likeness (QED) is 0.654. The minimum absolute atomic E-state index is 0.179. The minimum Gasteiger partial charge on any atom is -0.333 e. The molecule has 1 fully saturated rings. The highest BCUT2D eigenvalue weighted by atomic mass is 16.2. The van der Waals surface area contributed by atoms with Gasteiger partial charge in [-0.05, 0) is 24.1 Å². The van der Waals surface area contributed by atoms with Crippen molar-refractivity contribution in [3.8, 4) is 22.6 Å². The molecule has 0 bridgehead atoms. The number of aromatic amines is 1. The molecule has 9 nitrogen and oxygen atoms in total. The van der Waals surface area contributed by atoms with E-state index in [0.29, 0.717) is 18.5 Å². The smallest absolute Gasteiger partial charge is 0.255 e. The Labute approximate surface area is 165 Å². The Morgan fingerprint density at radius 2 is 2.03 bits per heavy atom. The zero-order valence-electron chi connectivity index (χ0n) is 15.7. The van der Waals surface area contributed by atoms with Gasteiger partial charge in [0, 0.05) is 43.5 Å². The van der Waals surface area contributed by atoms with Crippen LogP contribution in [0.15, 0.2) is 36.8 Å². The van der Waals surface area contributed by atoms with Crippen LogP contribution < -0.4 is 5.32 Å². The van der Waals surface area contributed by atoms with Gasteiger partial charge in [0.15, 0.2) is 0 Å². The Kier molecular flexibility index (Phi) is 3.83. The van der Waals surface area contributed by atoms with E-state index in [-0.39, 0.29) is 18.2 Å². The van der Waals surface area contributed by atoms with Crippen LogP contribution in [0.3, 0.4) is 0 Å². The Bertz CT molecular complexity index is 1150. The summed E-state index contributed by atoms with van der Waals surface area (Å²) in [7, 11) is 1.92. The van der Waals surface area contributed by atoms with Gasteiger partial charge in [-0.25, -0.2) is 4.98 Å². The fourth-order valence-electron chi connectivity index (χ4n) is 3.98. The van der Waals surface area contributed by atoms with Crippen molar-refractivity contribution < 1.29 is 14.4 Å². The molecule has 2 aromatic heterocycles. The number of hydrogen-bond acceptors (Lipinski definition) is 5. The molecule has 5 rings (SSSR count). The van der Waals surface area contributed by atoms with Gasteiger partial charge < -0.3 is 9.47 Å². The molecule has 0 radical (unpaired) electrons. The number of rotatable bonds is 3. The molecule has 4 heterocycles. The molecule has 3 amide bonds. The molecule has 2 N–H and O–H groups in total. The van der Waals surface area contributed by atoms with E-state index in [1.54, 1.807) is 23.4 Å². The number of nitrogens with one attached hydrogen (secondary N) is 2. The van der Waals surface area contributed by atoms with E-state index < -0.39 is 11.9 Å². The van der Waals surface area contributed by atoms with Crippen LogP contribution in [0.1, 0.15) is 28.8 Å². The summed E-state index contributed by atoms with van der Waals surface area (Å²) >= 11 is 0. The third kappa shape index (κ3) is 2.82. The van der Waals surface area contributed by atoms with E-state index in [9.17, 15) is 14.4 Å². The van der Waals surface area contributed by atoms with Gasteiger partial charge >= 0.3 is 0 Å². The lowest BCUT2D eigenvalue weighted by atomic mass is 10.0. The molecule has 3 aromatic rings. The summed E-state index contributed by atoms with van der Waals surface area (Å²) in [5.74, 6) is -0.0879. The van der Waals surface area contributed by atoms with Crippen LogP contribution in [0.25, 0.3) is 22.6 Å². The monoisotopic (exact) mass is 390 g/mol. The van der Waals surface area contributed by atoms with Crippen LogP contribution in [-0.2, 0) is 23.2 Å². The van der Waals surface area contributed by atoms with Gasteiger partial charge in [0.2, 0.25) is 11.8 Å². The second-order valence-corrected chi connectivity index (χ2v) is 7.32. The minimum atomic E-state index is -0.612. The first-order valence-electron chi connectivity index (χ1n) is 9.32. The van der Waals surface area contributed by atoms with E-state index in [1.807, 2.05) is 29.9 Å². The van der Waals surface area contributed by atoms with E-state index in [1.165, 1.54) is 0 Å². The highest BCUT2D eigenvalue weighted by Gasteiger charge is 2.39. The number of amides is 3. The fraction of sp³-hybridized carbons (Fsp3) is 0.250. The average molecular weight is 390 g/mol. The average Bonchev–Trinajstić information content (AvgIpc) is 3.41. The predicted octanol–water partition coefficient (Wildman–Crippen LogP) is 1.24. The summed E-state index contributed by atoms with van der Waals surface area (Å²) in [6.45, 7) is 0.343. The van der Waals surface area contributed by atoms with E-state index in [2.05, 4.69) is 15.5 Å². The lowest BCUT2D eigenvalue weighted by Crippen LogP contribution is -2.52. The lowest BCUT2D eigenvalue weighted by molar-refractivity contribution is -0.136. The number of carbonyl (C=O) groups is 3. The molecule has 1 aromatic carbocycles. The number of imide groups is 1. The Balaban J connectivity index is 1.44. The molecule has 0 spiro atoms. The number of aryl methyl sites for hydroxylation is 1. The number of benzene rings is 1. The van der Waals surface area contributed by atoms with Gasteiger partial charge in [0.05, 0.1) is 17.5 Å². The first-order chi connectivity index (χ1) is 14.0. The van der Waals surface area contributed by atoms with E-state index in [4.69, 9.17) is 4.98 Å². The van der Waals surface area contributed by atoms with Gasteiger partial charge in [-0.2, -0.15) is 5.10 Å². The molecule has 1 atom stereocenters. The summed E-state index contributed by atoms with van der Waals surface area (Å²) in [4.78, 5) is 42.6. The predicted molar refractivity (Wildman–Crippen MR) is 102 cm³/mol. The number of H-pyrrole nitrogens is 1. The van der Waals surface area contributed by atoms with Crippen molar-refractivity contribution in [1.82, 2.24) is 30.0 Å². The van der Waals surface area contributed by atoms with Gasteiger partial charge in [-0.1, -0.05) is 6.07 Å². The summed E-state index contributed by atoms with van der Waals surface area (Å²) in [6.07, 6.45) is 6.02. The van der Waals surface area contributed by atoms with Crippen molar-refractivity contribution >= 4 is 17.7 Å². The summed E-state index contributed by atoms with van der Waals surface area (Å²) in [6, 6.07) is 4.98. The van der Waals surface area contributed by atoms with Crippen molar-refractivity contribution in [2.24, 2.45) is 7.05 Å². The van der Waals surface area contributed by atoms with Crippen LogP contribution in [0.2, 0.25) is 0 Å². The molecule has 0 aliphatic carbocycles. The number of carbonyl (C=O) groups excluding carboxylic acids is 3. The van der Waals surface area contributed by atoms with E-state index >= 15 is 0 Å². The van der Waals surface area contributed by atoms with Crippen molar-refractivity contribution in [1.29, 1.82) is 0 Å². The molecule has 1 saturated heterocycles. The molecule has 146 valence electrons. The first kappa shape index (κ1) is 17.4. The molecule has 2 aliphatic rings. The third-order valence-corrected chi connectivity index (χ3v) is 5.45. The van der Waals surface area contributed by atoms with Gasteiger partial charge in [0.25, 0.3) is 5.91 Å². The molecule has 9 heteroatoms. The summed E-state index contributed by atoms with van der Waals surface area (Å²) in [5, 5.41) is 9.07. The fourth-order valence-corrected chi connectivity index (χ4v) is 3.98. The molecule has 29 heavy (non-hydrogen) atoms. The maximum Gasteiger partial charge on any atom is 0.255 e. The zero-order chi connectivity index (χ0) is 20.1. The standard InChI is InChI=1S/C20H18N6O3/c1-25-10-15(23-18(25)13-7-21-22-8-13)11-2-3-14-12(6-11)9-26(20(14)29)16-4-5-17(27)24-19(16)28/h2-3,6-8,10,16H,4-5,9H2,1H3,(H,21,22)(H,24,27,28). The Morgan fingerprint density at radius 1 is 1.17 bits per heavy atom. The van der Waals surface area contributed by atoms with Gasteiger partial charge in [0.1, 0.15) is 11.9 Å². The lowest BCUT2D eigenvalue weighted by Gasteiger charge is -2.29. The Morgan fingerprint density at radius 3 is 2.79 bits per heavy atom. The SMILES string of the molecule is Cn1cc(-c2ccc3c(c2)CN(C2CCC(=O)NC2=O)C3=O)nc1-c1cn[nH]c1. The number of imidazole rings is 1. The normalized spacial score (nSPS) is 18.9. The van der Waals surface area contributed by atoms with Crippen molar-refractivity contribution in [3.05, 3.63) is 47.9 Å². The van der Waals surface area contributed by atoms with Gasteiger partial charge in [-0.3, -0.25) is 24.8 Å². The maximum absolute atomic E-state index is 12.8.